The second-order valence-electron chi connectivity index (χ2n) is 7.84. The fraction of sp³-hybridized carbons (Fsp3) is 0.143. The number of nitrogens with zero attached hydrogens (tertiary/aromatic N) is 1. The normalized spacial score (nSPS) is 12.3. The molecule has 7 nitrogen and oxygen atoms in total. The van der Waals surface area contributed by atoms with Crippen LogP contribution in [0.5, 0.6) is 11.5 Å². The van der Waals surface area contributed by atoms with Crippen LogP contribution in [0.1, 0.15) is 23.7 Å². The van der Waals surface area contributed by atoms with E-state index in [1.165, 1.54) is 0 Å². The summed E-state index contributed by atoms with van der Waals surface area (Å²) in [6.45, 7) is -0.190. The van der Waals surface area contributed by atoms with Gasteiger partial charge in [-0.1, -0.05) is 48.5 Å². The van der Waals surface area contributed by atoms with Crippen LogP contribution in [-0.4, -0.2) is 29.0 Å². The van der Waals surface area contributed by atoms with Crippen molar-refractivity contribution in [2.24, 2.45) is 0 Å². The third-order valence-corrected chi connectivity index (χ3v) is 5.52. The van der Waals surface area contributed by atoms with Crippen LogP contribution in [0.3, 0.4) is 0 Å². The smallest absolute Gasteiger partial charge is 0.412 e. The Hall–Kier alpha value is -4.54. The maximum Gasteiger partial charge on any atom is 0.412 e. The van der Waals surface area contributed by atoms with Gasteiger partial charge in [0.2, 0.25) is 0 Å². The number of fused-ring (bicyclic) bond motifs is 1. The van der Waals surface area contributed by atoms with Crippen molar-refractivity contribution in [2.75, 3.05) is 11.9 Å². The molecule has 0 fully saturated rings. The molecule has 7 heteroatoms. The summed E-state index contributed by atoms with van der Waals surface area (Å²) in [5.41, 5.74) is 1.56. The number of nitrogens with one attached hydrogen (secondary N) is 1. The zero-order valence-corrected chi connectivity index (χ0v) is 18.8. The number of aliphatic hydroxyl groups excluding tert-OH is 1. The van der Waals surface area contributed by atoms with Gasteiger partial charge in [-0.15, -0.1) is 0 Å². The maximum absolute atomic E-state index is 12.9. The molecule has 0 aliphatic heterocycles. The van der Waals surface area contributed by atoms with E-state index >= 15 is 0 Å². The van der Waals surface area contributed by atoms with E-state index < -0.39 is 18.3 Å². The topological polar surface area (TPSA) is 112 Å². The molecule has 0 radical (unpaired) electrons. The number of hydrogen-bond donors (Lipinski definition) is 3. The molecule has 35 heavy (non-hydrogen) atoms. The molecule has 2 atom stereocenters. The minimum absolute atomic E-state index is 0.104. The number of rotatable bonds is 8. The quantitative estimate of drug-likeness (QED) is 0.313. The average Bonchev–Trinajstić information content (AvgIpc) is 2.89. The van der Waals surface area contributed by atoms with Crippen molar-refractivity contribution in [3.05, 3.63) is 102 Å². The lowest BCUT2D eigenvalue weighted by Crippen LogP contribution is -2.32. The molecular formula is C28H24N2O5. The van der Waals surface area contributed by atoms with Crippen molar-refractivity contribution in [1.29, 1.82) is 5.26 Å². The maximum atomic E-state index is 12.9. The molecule has 0 saturated carbocycles. The largest absolute Gasteiger partial charge is 0.507 e. The number of aromatic hydroxyl groups is 1. The molecule has 4 rings (SSSR count). The van der Waals surface area contributed by atoms with Gasteiger partial charge in [0.15, 0.2) is 6.10 Å². The number of hydrogen-bond acceptors (Lipinski definition) is 6. The number of carbonyl (C=O) groups is 1. The highest BCUT2D eigenvalue weighted by Gasteiger charge is 2.31. The van der Waals surface area contributed by atoms with Gasteiger partial charge in [-0.25, -0.2) is 4.79 Å². The molecule has 0 aliphatic rings. The van der Waals surface area contributed by atoms with E-state index in [4.69, 9.17) is 14.7 Å². The Bertz CT molecular complexity index is 1330. The minimum atomic E-state index is -0.911. The molecule has 4 aromatic carbocycles. The minimum Gasteiger partial charge on any atom is -0.507 e. The zero-order chi connectivity index (χ0) is 24.6. The fourth-order valence-electron chi connectivity index (χ4n) is 3.86. The van der Waals surface area contributed by atoms with Crippen LogP contribution >= 0.6 is 0 Å². The van der Waals surface area contributed by atoms with Gasteiger partial charge in [-0.3, -0.25) is 5.32 Å². The number of phenolic OH excluding ortho intramolecular Hbond substituents is 1. The van der Waals surface area contributed by atoms with E-state index in [0.717, 1.165) is 0 Å². The second kappa shape index (κ2) is 11.1. The summed E-state index contributed by atoms with van der Waals surface area (Å²) >= 11 is 0. The molecule has 176 valence electrons. The highest BCUT2D eigenvalue weighted by molar-refractivity contribution is 5.91. The lowest BCUT2D eigenvalue weighted by Gasteiger charge is -2.29. The van der Waals surface area contributed by atoms with Crippen molar-refractivity contribution in [1.82, 2.24) is 0 Å². The first-order valence-corrected chi connectivity index (χ1v) is 11.1. The van der Waals surface area contributed by atoms with Gasteiger partial charge in [0.1, 0.15) is 17.6 Å². The SMILES string of the molecule is N#Cc1ccc(NC(=O)O[C@H](c2ccc(O)c3ccccc23)[C@@H](CCO)Oc2ccccc2)cc1. The third kappa shape index (κ3) is 5.69. The Morgan fingerprint density at radius 1 is 0.914 bits per heavy atom. The molecule has 4 aromatic rings. The Labute approximate surface area is 202 Å². The summed E-state index contributed by atoms with van der Waals surface area (Å²) in [5, 5.41) is 33.1. The van der Waals surface area contributed by atoms with Crippen molar-refractivity contribution < 1.29 is 24.5 Å². The van der Waals surface area contributed by atoms with Gasteiger partial charge in [0.05, 0.1) is 11.6 Å². The van der Waals surface area contributed by atoms with Crippen LogP contribution in [0, 0.1) is 11.3 Å². The Morgan fingerprint density at radius 3 is 2.29 bits per heavy atom. The van der Waals surface area contributed by atoms with Crippen LogP contribution in [0.2, 0.25) is 0 Å². The highest BCUT2D eigenvalue weighted by Crippen LogP contribution is 2.36. The highest BCUT2D eigenvalue weighted by atomic mass is 16.6. The first-order chi connectivity index (χ1) is 17.1. The van der Waals surface area contributed by atoms with Crippen molar-refractivity contribution in [3.8, 4) is 17.6 Å². The molecule has 0 aliphatic carbocycles. The van der Waals surface area contributed by atoms with Gasteiger partial charge < -0.3 is 19.7 Å². The summed E-state index contributed by atoms with van der Waals surface area (Å²) < 4.78 is 12.1. The van der Waals surface area contributed by atoms with Gasteiger partial charge in [-0.2, -0.15) is 5.26 Å². The van der Waals surface area contributed by atoms with Crippen LogP contribution in [0.25, 0.3) is 10.8 Å². The number of para-hydroxylation sites is 1. The number of phenols is 1. The first-order valence-electron chi connectivity index (χ1n) is 11.1. The van der Waals surface area contributed by atoms with Crippen LogP contribution in [0.15, 0.2) is 91.0 Å². The number of anilines is 1. The Morgan fingerprint density at radius 2 is 1.60 bits per heavy atom. The van der Waals surface area contributed by atoms with Crippen molar-refractivity contribution in [3.63, 3.8) is 0 Å². The molecule has 0 bridgehead atoms. The molecule has 0 spiro atoms. The molecule has 3 N–H and O–H groups in total. The van der Waals surface area contributed by atoms with Gasteiger partial charge >= 0.3 is 6.09 Å². The van der Waals surface area contributed by atoms with E-state index in [2.05, 4.69) is 5.32 Å². The van der Waals surface area contributed by atoms with E-state index in [9.17, 15) is 15.0 Å². The monoisotopic (exact) mass is 468 g/mol. The van der Waals surface area contributed by atoms with E-state index in [1.807, 2.05) is 42.5 Å². The summed E-state index contributed by atoms with van der Waals surface area (Å²) in [4.78, 5) is 12.9. The van der Waals surface area contributed by atoms with Crippen molar-refractivity contribution >= 4 is 22.6 Å². The molecule has 1 amide bonds. The summed E-state index contributed by atoms with van der Waals surface area (Å²) in [6, 6.07) is 28.0. The van der Waals surface area contributed by atoms with E-state index in [-0.39, 0.29) is 18.8 Å². The summed E-state index contributed by atoms with van der Waals surface area (Å²) in [6.07, 6.45) is -2.16. The number of carbonyl (C=O) groups excluding carboxylic acids is 1. The summed E-state index contributed by atoms with van der Waals surface area (Å²) in [5.74, 6) is 0.669. The average molecular weight is 469 g/mol. The second-order valence-corrected chi connectivity index (χ2v) is 7.84. The van der Waals surface area contributed by atoms with Crippen LogP contribution in [0.4, 0.5) is 10.5 Å². The van der Waals surface area contributed by atoms with E-state index in [1.54, 1.807) is 54.6 Å². The lowest BCUT2D eigenvalue weighted by atomic mass is 9.95. The van der Waals surface area contributed by atoms with Crippen molar-refractivity contribution in [2.45, 2.75) is 18.6 Å². The predicted octanol–water partition coefficient (Wildman–Crippen LogP) is 5.54. The number of nitriles is 1. The lowest BCUT2D eigenvalue weighted by molar-refractivity contribution is 0.00983. The third-order valence-electron chi connectivity index (χ3n) is 5.52. The molecule has 0 saturated heterocycles. The van der Waals surface area contributed by atoms with E-state index in [0.29, 0.717) is 33.3 Å². The number of benzene rings is 4. The Kier molecular flexibility index (Phi) is 7.46. The number of aliphatic hydroxyl groups is 1. The number of ether oxygens (including phenoxy) is 2. The van der Waals surface area contributed by atoms with Gasteiger partial charge in [0, 0.05) is 29.7 Å². The predicted molar refractivity (Wildman–Crippen MR) is 132 cm³/mol. The Balaban J connectivity index is 1.70. The van der Waals surface area contributed by atoms with Crippen LogP contribution in [-0.2, 0) is 4.74 Å². The standard InChI is InChI=1S/C28H24N2O5/c29-18-19-10-12-20(13-11-19)30-28(33)35-27(26(16-17-31)34-21-6-2-1-3-7-21)24-14-15-25(32)23-9-5-4-8-22(23)24/h1-15,26-27,31-32H,16-17H2,(H,30,33)/t26-,27-/m1/s1. The molecule has 0 unspecified atom stereocenters. The first kappa shape index (κ1) is 23.6. The molecule has 0 heterocycles. The zero-order valence-electron chi connectivity index (χ0n) is 18.8. The fourth-order valence-corrected chi connectivity index (χ4v) is 3.86. The van der Waals surface area contributed by atoms with Gasteiger partial charge in [-0.05, 0) is 47.9 Å². The molecular weight excluding hydrogens is 444 g/mol. The number of amides is 1. The van der Waals surface area contributed by atoms with Crippen LogP contribution < -0.4 is 10.1 Å². The van der Waals surface area contributed by atoms with Gasteiger partial charge in [0.25, 0.3) is 0 Å². The molecule has 0 aromatic heterocycles. The summed E-state index contributed by atoms with van der Waals surface area (Å²) in [7, 11) is 0.